The van der Waals surface area contributed by atoms with Gasteiger partial charge < -0.3 is 10.1 Å². The molecule has 1 aliphatic rings. The Hall–Kier alpha value is -1.27. The van der Waals surface area contributed by atoms with Crippen LogP contribution in [-0.2, 0) is 0 Å². The highest BCUT2D eigenvalue weighted by atomic mass is 19.4. The number of rotatable bonds is 5. The van der Waals surface area contributed by atoms with Crippen molar-refractivity contribution in [3.63, 3.8) is 0 Å². The number of para-hydroxylation sites is 1. The molecule has 1 fully saturated rings. The minimum atomic E-state index is -4.67. The van der Waals surface area contributed by atoms with Crippen LogP contribution in [0.2, 0.25) is 0 Å². The van der Waals surface area contributed by atoms with E-state index in [9.17, 15) is 13.2 Å². The zero-order chi connectivity index (χ0) is 16.2. The Bertz CT molecular complexity index is 473. The van der Waals surface area contributed by atoms with Crippen LogP contribution < -0.4 is 10.1 Å². The van der Waals surface area contributed by atoms with Crippen molar-refractivity contribution in [1.29, 1.82) is 0 Å². The van der Waals surface area contributed by atoms with Gasteiger partial charge in [0.25, 0.3) is 0 Å². The maximum absolute atomic E-state index is 12.7. The third-order valence-corrected chi connectivity index (χ3v) is 4.19. The molecular weight excluding hydrogens is 293 g/mol. The highest BCUT2D eigenvalue weighted by molar-refractivity contribution is 5.36. The standard InChI is InChI=1S/C16H23F3N2O/c1-3-12(2)15(21-10-8-20-9-11-21)13-6-4-5-7-14(13)22-16(17,18)19/h4-7,12,15,20H,3,8-11H2,1-2H3/t12?,15-/m1/s1. The lowest BCUT2D eigenvalue weighted by atomic mass is 9.90. The van der Waals surface area contributed by atoms with E-state index >= 15 is 0 Å². The SMILES string of the molecule is CCC(C)[C@H](c1ccccc1OC(F)(F)F)N1CCNCC1. The van der Waals surface area contributed by atoms with Gasteiger partial charge in [-0.2, -0.15) is 0 Å². The number of ether oxygens (including phenoxy) is 1. The van der Waals surface area contributed by atoms with Crippen LogP contribution in [0.25, 0.3) is 0 Å². The van der Waals surface area contributed by atoms with Gasteiger partial charge in [-0.1, -0.05) is 38.5 Å². The van der Waals surface area contributed by atoms with Crippen LogP contribution >= 0.6 is 0 Å². The molecule has 0 amide bonds. The Morgan fingerprint density at radius 3 is 2.45 bits per heavy atom. The van der Waals surface area contributed by atoms with Gasteiger partial charge in [-0.25, -0.2) is 0 Å². The van der Waals surface area contributed by atoms with Crippen molar-refractivity contribution in [3.05, 3.63) is 29.8 Å². The largest absolute Gasteiger partial charge is 0.573 e. The third-order valence-electron chi connectivity index (χ3n) is 4.19. The smallest absolute Gasteiger partial charge is 0.405 e. The van der Waals surface area contributed by atoms with Crippen LogP contribution in [0, 0.1) is 5.92 Å². The van der Waals surface area contributed by atoms with Gasteiger partial charge >= 0.3 is 6.36 Å². The van der Waals surface area contributed by atoms with Crippen LogP contribution in [0.3, 0.4) is 0 Å². The molecule has 2 atom stereocenters. The van der Waals surface area contributed by atoms with E-state index in [2.05, 4.69) is 28.8 Å². The molecule has 0 radical (unpaired) electrons. The van der Waals surface area contributed by atoms with Gasteiger partial charge in [0, 0.05) is 37.8 Å². The molecule has 1 aromatic rings. The molecule has 0 aromatic heterocycles. The highest BCUT2D eigenvalue weighted by Crippen LogP contribution is 2.38. The first-order valence-corrected chi connectivity index (χ1v) is 7.72. The van der Waals surface area contributed by atoms with Gasteiger partial charge in [0.1, 0.15) is 5.75 Å². The topological polar surface area (TPSA) is 24.5 Å². The predicted molar refractivity (Wildman–Crippen MR) is 79.8 cm³/mol. The van der Waals surface area contributed by atoms with Crippen molar-refractivity contribution in [2.45, 2.75) is 32.7 Å². The van der Waals surface area contributed by atoms with E-state index in [0.717, 1.165) is 32.6 Å². The normalized spacial score (nSPS) is 19.7. The Kier molecular flexibility index (Phi) is 5.69. The monoisotopic (exact) mass is 316 g/mol. The fourth-order valence-electron chi connectivity index (χ4n) is 2.99. The summed E-state index contributed by atoms with van der Waals surface area (Å²) in [5.41, 5.74) is 0.621. The summed E-state index contributed by atoms with van der Waals surface area (Å²) in [4.78, 5) is 2.25. The van der Waals surface area contributed by atoms with Crippen molar-refractivity contribution in [1.82, 2.24) is 10.2 Å². The van der Waals surface area contributed by atoms with Gasteiger partial charge in [-0.05, 0) is 12.0 Å². The van der Waals surface area contributed by atoms with Gasteiger partial charge in [-0.15, -0.1) is 13.2 Å². The second-order valence-electron chi connectivity index (χ2n) is 5.70. The number of alkyl halides is 3. The Morgan fingerprint density at radius 1 is 1.23 bits per heavy atom. The van der Waals surface area contributed by atoms with E-state index in [0.29, 0.717) is 5.56 Å². The summed E-state index contributed by atoms with van der Waals surface area (Å²) >= 11 is 0. The summed E-state index contributed by atoms with van der Waals surface area (Å²) in [6, 6.07) is 6.44. The number of halogens is 3. The highest BCUT2D eigenvalue weighted by Gasteiger charge is 2.35. The van der Waals surface area contributed by atoms with E-state index in [4.69, 9.17) is 0 Å². The average Bonchev–Trinajstić information content (AvgIpc) is 2.48. The summed E-state index contributed by atoms with van der Waals surface area (Å²) < 4.78 is 42.2. The molecule has 1 N–H and O–H groups in total. The molecule has 124 valence electrons. The number of piperazine rings is 1. The second kappa shape index (κ2) is 7.33. The molecule has 1 aliphatic heterocycles. The summed E-state index contributed by atoms with van der Waals surface area (Å²) in [6.45, 7) is 7.51. The lowest BCUT2D eigenvalue weighted by Gasteiger charge is -2.39. The van der Waals surface area contributed by atoms with Gasteiger partial charge in [-0.3, -0.25) is 4.90 Å². The van der Waals surface area contributed by atoms with Crippen molar-refractivity contribution >= 4 is 0 Å². The lowest BCUT2D eigenvalue weighted by Crippen LogP contribution is -2.46. The van der Waals surface area contributed by atoms with Gasteiger partial charge in [0.15, 0.2) is 0 Å². The quantitative estimate of drug-likeness (QED) is 0.898. The van der Waals surface area contributed by atoms with Crippen molar-refractivity contribution in [2.24, 2.45) is 5.92 Å². The molecule has 0 spiro atoms. The fraction of sp³-hybridized carbons (Fsp3) is 0.625. The van der Waals surface area contributed by atoms with Crippen molar-refractivity contribution in [3.8, 4) is 5.75 Å². The first-order chi connectivity index (χ1) is 10.4. The van der Waals surface area contributed by atoms with E-state index in [1.54, 1.807) is 18.2 Å². The molecule has 0 saturated carbocycles. The minimum absolute atomic E-state index is 0.0642. The summed E-state index contributed by atoms with van der Waals surface area (Å²) in [6.07, 6.45) is -3.77. The molecule has 6 heteroatoms. The van der Waals surface area contributed by atoms with Crippen LogP contribution in [0.1, 0.15) is 31.9 Å². The number of hydrogen-bond acceptors (Lipinski definition) is 3. The molecule has 1 unspecified atom stereocenters. The number of hydrogen-bond donors (Lipinski definition) is 1. The maximum Gasteiger partial charge on any atom is 0.573 e. The van der Waals surface area contributed by atoms with Crippen LogP contribution in [-0.4, -0.2) is 37.4 Å². The van der Waals surface area contributed by atoms with Crippen molar-refractivity contribution in [2.75, 3.05) is 26.2 Å². The maximum atomic E-state index is 12.7. The van der Waals surface area contributed by atoms with E-state index in [1.807, 2.05) is 0 Å². The molecule has 1 saturated heterocycles. The van der Waals surface area contributed by atoms with Crippen LogP contribution in [0.4, 0.5) is 13.2 Å². The Morgan fingerprint density at radius 2 is 1.86 bits per heavy atom. The third kappa shape index (κ3) is 4.36. The summed E-state index contributed by atoms with van der Waals surface area (Å²) in [7, 11) is 0. The van der Waals surface area contributed by atoms with Gasteiger partial charge in [0.2, 0.25) is 0 Å². The zero-order valence-electron chi connectivity index (χ0n) is 13.0. The summed E-state index contributed by atoms with van der Waals surface area (Å²) in [5.74, 6) is 0.162. The molecular formula is C16H23F3N2O. The van der Waals surface area contributed by atoms with Crippen molar-refractivity contribution < 1.29 is 17.9 Å². The lowest BCUT2D eigenvalue weighted by molar-refractivity contribution is -0.275. The molecule has 1 aromatic carbocycles. The average molecular weight is 316 g/mol. The molecule has 22 heavy (non-hydrogen) atoms. The molecule has 0 bridgehead atoms. The minimum Gasteiger partial charge on any atom is -0.405 e. The first kappa shape index (κ1) is 17.1. The molecule has 3 nitrogen and oxygen atoms in total. The summed E-state index contributed by atoms with van der Waals surface area (Å²) in [5, 5.41) is 3.28. The Labute approximate surface area is 129 Å². The second-order valence-corrected chi connectivity index (χ2v) is 5.70. The first-order valence-electron chi connectivity index (χ1n) is 7.72. The molecule has 2 rings (SSSR count). The van der Waals surface area contributed by atoms with E-state index < -0.39 is 6.36 Å². The van der Waals surface area contributed by atoms with Gasteiger partial charge in [0.05, 0.1) is 0 Å². The van der Waals surface area contributed by atoms with E-state index in [1.165, 1.54) is 6.07 Å². The number of nitrogens with one attached hydrogen (secondary N) is 1. The number of benzene rings is 1. The van der Waals surface area contributed by atoms with Crippen LogP contribution in [0.5, 0.6) is 5.75 Å². The number of nitrogens with zero attached hydrogens (tertiary/aromatic N) is 1. The molecule has 0 aliphatic carbocycles. The van der Waals surface area contributed by atoms with E-state index in [-0.39, 0.29) is 17.7 Å². The Balaban J connectivity index is 2.34. The fourth-order valence-corrected chi connectivity index (χ4v) is 2.99. The van der Waals surface area contributed by atoms with Crippen LogP contribution in [0.15, 0.2) is 24.3 Å². The molecule has 1 heterocycles. The zero-order valence-corrected chi connectivity index (χ0v) is 13.0. The predicted octanol–water partition coefficient (Wildman–Crippen LogP) is 3.58.